The Kier molecular flexibility index (Phi) is 8.34. The van der Waals surface area contributed by atoms with Gasteiger partial charge in [-0.2, -0.15) is 0 Å². The van der Waals surface area contributed by atoms with E-state index in [-0.39, 0.29) is 37.0 Å². The van der Waals surface area contributed by atoms with E-state index in [1.54, 1.807) is 46.0 Å². The van der Waals surface area contributed by atoms with Crippen molar-refractivity contribution in [2.24, 2.45) is 0 Å². The van der Waals surface area contributed by atoms with E-state index >= 15 is 4.39 Å². The number of halogens is 1. The fourth-order valence-electron chi connectivity index (χ4n) is 4.99. The topological polar surface area (TPSA) is 88.2 Å². The number of hydrogen-bond donors (Lipinski definition) is 1. The predicted octanol–water partition coefficient (Wildman–Crippen LogP) is 0.163. The summed E-state index contributed by atoms with van der Waals surface area (Å²) in [6, 6.07) is 9.62. The number of nitrogens with one attached hydrogen (secondary N) is 1. The smallest absolute Gasteiger partial charge is 0.255 e. The molecule has 2 aromatic carbocycles. The zero-order chi connectivity index (χ0) is 26.6. The van der Waals surface area contributed by atoms with Crippen molar-refractivity contribution < 1.29 is 28.2 Å². The molecule has 1 saturated heterocycles. The lowest BCUT2D eigenvalue weighted by atomic mass is 9.61. The molecule has 1 N–H and O–H groups in total. The SMILES string of the molecule is BC(B)(Oc1cccc2c1CN(C(CCC=O)C(=O)NC)C2=O)c1ccc(CN2CCOCC2)cc1F. The summed E-state index contributed by atoms with van der Waals surface area (Å²) in [5, 5.41) is 1.56. The summed E-state index contributed by atoms with van der Waals surface area (Å²) in [6.45, 7) is 3.83. The summed E-state index contributed by atoms with van der Waals surface area (Å²) in [6.07, 6.45) is 1.13. The van der Waals surface area contributed by atoms with Gasteiger partial charge in [-0.05, 0) is 30.2 Å². The van der Waals surface area contributed by atoms with Gasteiger partial charge in [0.2, 0.25) is 5.91 Å². The van der Waals surface area contributed by atoms with Gasteiger partial charge in [-0.15, -0.1) is 0 Å². The average molecular weight is 507 g/mol. The van der Waals surface area contributed by atoms with Crippen LogP contribution in [0.25, 0.3) is 0 Å². The van der Waals surface area contributed by atoms with Crippen molar-refractivity contribution in [1.29, 1.82) is 0 Å². The first-order valence-electron chi connectivity index (χ1n) is 12.6. The van der Waals surface area contributed by atoms with Gasteiger partial charge in [-0.1, -0.05) is 18.2 Å². The van der Waals surface area contributed by atoms with Gasteiger partial charge in [-0.3, -0.25) is 14.5 Å². The molecule has 194 valence electrons. The third-order valence-electron chi connectivity index (χ3n) is 6.99. The molecule has 2 amide bonds. The maximum Gasteiger partial charge on any atom is 0.255 e. The highest BCUT2D eigenvalue weighted by molar-refractivity contribution is 6.39. The fraction of sp³-hybridized carbons (Fsp3) is 0.423. The van der Waals surface area contributed by atoms with Crippen LogP contribution < -0.4 is 10.1 Å². The van der Waals surface area contributed by atoms with E-state index in [9.17, 15) is 14.4 Å². The summed E-state index contributed by atoms with van der Waals surface area (Å²) >= 11 is 0. The minimum absolute atomic E-state index is 0.162. The molecule has 2 heterocycles. The fourth-order valence-corrected chi connectivity index (χ4v) is 4.99. The summed E-state index contributed by atoms with van der Waals surface area (Å²) in [5.41, 5.74) is 2.38. The van der Waals surface area contributed by atoms with E-state index in [0.29, 0.717) is 42.2 Å². The minimum Gasteiger partial charge on any atom is -0.501 e. The number of carbonyl (C=O) groups excluding carboxylic acids is 3. The lowest BCUT2D eigenvalue weighted by Crippen LogP contribution is -2.46. The third-order valence-corrected chi connectivity index (χ3v) is 6.99. The molecule has 2 aliphatic rings. The Balaban J connectivity index is 1.54. The first-order valence-corrected chi connectivity index (χ1v) is 12.6. The van der Waals surface area contributed by atoms with Gasteiger partial charge in [0.05, 0.1) is 25.2 Å². The second-order valence-electron chi connectivity index (χ2n) is 9.90. The average Bonchev–Trinajstić information content (AvgIpc) is 3.21. The van der Waals surface area contributed by atoms with Gasteiger partial charge in [-0.25, -0.2) is 4.39 Å². The number of aldehydes is 1. The summed E-state index contributed by atoms with van der Waals surface area (Å²) in [5.74, 6) is -0.516. The number of benzene rings is 2. The molecule has 0 aliphatic carbocycles. The molecule has 37 heavy (non-hydrogen) atoms. The quantitative estimate of drug-likeness (QED) is 0.365. The van der Waals surface area contributed by atoms with Crippen molar-refractivity contribution in [2.45, 2.75) is 37.4 Å². The highest BCUT2D eigenvalue weighted by atomic mass is 19.1. The van der Waals surface area contributed by atoms with E-state index in [2.05, 4.69) is 10.2 Å². The van der Waals surface area contributed by atoms with Crippen molar-refractivity contribution in [3.63, 3.8) is 0 Å². The van der Waals surface area contributed by atoms with E-state index in [1.165, 1.54) is 11.9 Å². The number of nitrogens with zero attached hydrogens (tertiary/aromatic N) is 2. The van der Waals surface area contributed by atoms with Crippen LogP contribution in [0.1, 0.15) is 39.9 Å². The number of hydrogen-bond acceptors (Lipinski definition) is 6. The van der Waals surface area contributed by atoms with Crippen LogP contribution in [0.15, 0.2) is 36.4 Å². The molecule has 8 nitrogen and oxygen atoms in total. The highest BCUT2D eigenvalue weighted by Gasteiger charge is 2.38. The molecular formula is C26H32B2FN3O5. The molecule has 1 fully saturated rings. The normalized spacial score (nSPS) is 16.8. The van der Waals surface area contributed by atoms with Crippen LogP contribution in [-0.2, 0) is 32.8 Å². The largest absolute Gasteiger partial charge is 0.501 e. The molecular weight excluding hydrogens is 475 g/mol. The first kappa shape index (κ1) is 26.9. The second kappa shape index (κ2) is 11.5. The van der Waals surface area contributed by atoms with Crippen LogP contribution >= 0.6 is 0 Å². The minimum atomic E-state index is -1.02. The summed E-state index contributed by atoms with van der Waals surface area (Å²) in [4.78, 5) is 40.3. The number of ether oxygens (including phenoxy) is 2. The first-order chi connectivity index (χ1) is 17.7. The standard InChI is InChI=1S/C26H32B2FN3O5/c1-30-24(34)22(5-3-11-33)32-16-19-18(25(32)35)4-2-6-23(19)37-26(27,28)20-8-7-17(14-21(20)29)15-31-9-12-36-13-10-31/h2,4,6-8,11,14,22H,3,5,9-10,12-13,15-16,27-28H2,1H3,(H,30,34). The van der Waals surface area contributed by atoms with Crippen LogP contribution in [0, 0.1) is 5.82 Å². The molecule has 4 rings (SSSR count). The molecule has 1 unspecified atom stereocenters. The van der Waals surface area contributed by atoms with Crippen molar-refractivity contribution in [3.8, 4) is 5.75 Å². The molecule has 2 aliphatic heterocycles. The van der Waals surface area contributed by atoms with E-state index in [1.807, 2.05) is 6.07 Å². The monoisotopic (exact) mass is 507 g/mol. The van der Waals surface area contributed by atoms with Gasteiger partial charge in [0.1, 0.15) is 23.9 Å². The zero-order valence-electron chi connectivity index (χ0n) is 21.6. The van der Waals surface area contributed by atoms with Crippen molar-refractivity contribution >= 4 is 33.8 Å². The third kappa shape index (κ3) is 5.88. The van der Waals surface area contributed by atoms with Gasteiger partial charge >= 0.3 is 0 Å². The van der Waals surface area contributed by atoms with Crippen molar-refractivity contribution in [2.75, 3.05) is 33.4 Å². The molecule has 11 heteroatoms. The van der Waals surface area contributed by atoms with Gasteiger partial charge in [0.15, 0.2) is 15.7 Å². The number of morpholine rings is 1. The molecule has 2 aromatic rings. The Hall–Kier alpha value is -3.17. The Bertz CT molecular complexity index is 1170. The molecule has 1 atom stereocenters. The molecule has 0 radical (unpaired) electrons. The molecule has 0 aromatic heterocycles. The number of rotatable bonds is 10. The summed E-state index contributed by atoms with van der Waals surface area (Å²) in [7, 11) is 5.08. The molecule has 0 saturated carbocycles. The van der Waals surface area contributed by atoms with Crippen LogP contribution in [0.3, 0.4) is 0 Å². The Morgan fingerprint density at radius 1 is 1.27 bits per heavy atom. The maximum absolute atomic E-state index is 15.3. The van der Waals surface area contributed by atoms with E-state index in [4.69, 9.17) is 9.47 Å². The Labute approximate surface area is 218 Å². The Morgan fingerprint density at radius 2 is 2.03 bits per heavy atom. The Morgan fingerprint density at radius 3 is 2.70 bits per heavy atom. The lowest BCUT2D eigenvalue weighted by Gasteiger charge is -2.30. The van der Waals surface area contributed by atoms with Crippen LogP contribution in [0.5, 0.6) is 5.75 Å². The van der Waals surface area contributed by atoms with Crippen molar-refractivity contribution in [1.82, 2.24) is 15.1 Å². The van der Waals surface area contributed by atoms with Gasteiger partial charge < -0.3 is 24.5 Å². The maximum atomic E-state index is 15.3. The van der Waals surface area contributed by atoms with E-state index < -0.39 is 11.4 Å². The number of fused-ring (bicyclic) bond motifs is 1. The van der Waals surface area contributed by atoms with Crippen LogP contribution in [0.4, 0.5) is 4.39 Å². The van der Waals surface area contributed by atoms with Gasteiger partial charge in [0.25, 0.3) is 5.91 Å². The van der Waals surface area contributed by atoms with Crippen molar-refractivity contribution in [3.05, 3.63) is 64.5 Å². The van der Waals surface area contributed by atoms with Crippen LogP contribution in [0.2, 0.25) is 0 Å². The predicted molar refractivity (Wildman–Crippen MR) is 141 cm³/mol. The van der Waals surface area contributed by atoms with Gasteiger partial charge in [0, 0.05) is 49.8 Å². The number of carbonyl (C=O) groups is 3. The molecule has 0 bridgehead atoms. The number of amides is 2. The lowest BCUT2D eigenvalue weighted by molar-refractivity contribution is -0.125. The van der Waals surface area contributed by atoms with Crippen LogP contribution in [-0.4, -0.2) is 83.0 Å². The highest BCUT2D eigenvalue weighted by Crippen LogP contribution is 2.36. The van der Waals surface area contributed by atoms with E-state index in [0.717, 1.165) is 24.9 Å². The second-order valence-corrected chi connectivity index (χ2v) is 9.90. The zero-order valence-corrected chi connectivity index (χ0v) is 21.6. The molecule has 0 spiro atoms. The summed E-state index contributed by atoms with van der Waals surface area (Å²) < 4.78 is 27.0. The number of likely N-dealkylation sites (N-methyl/N-ethyl adjacent to an activating group) is 1.